The van der Waals surface area contributed by atoms with Crippen LogP contribution in [0.1, 0.15) is 19.3 Å². The van der Waals surface area contributed by atoms with Crippen LogP contribution >= 0.6 is 0 Å². The molecule has 0 aliphatic heterocycles. The minimum Gasteiger partial charge on any atom is -0.375 e. The zero-order valence-corrected chi connectivity index (χ0v) is 11.7. The zero-order chi connectivity index (χ0) is 14.1. The fourth-order valence-corrected chi connectivity index (χ4v) is 4.61. The lowest BCUT2D eigenvalue weighted by Crippen LogP contribution is -2.54. The van der Waals surface area contributed by atoms with Gasteiger partial charge in [-0.25, -0.2) is 12.8 Å². The molecule has 1 fully saturated rings. The smallest absolute Gasteiger partial charge is 0.152 e. The summed E-state index contributed by atoms with van der Waals surface area (Å²) in [6.45, 7) is 0.166. The van der Waals surface area contributed by atoms with Gasteiger partial charge in [-0.2, -0.15) is 0 Å². The quantitative estimate of drug-likeness (QED) is 0.880. The second-order valence-electron chi connectivity index (χ2n) is 5.18. The van der Waals surface area contributed by atoms with E-state index < -0.39 is 26.4 Å². The van der Waals surface area contributed by atoms with Gasteiger partial charge in [-0.15, -0.1) is 0 Å². The average Bonchev–Trinajstić information content (AvgIpc) is 2.76. The number of nitrogens with two attached hydrogens (primary N) is 1. The van der Waals surface area contributed by atoms with Crippen LogP contribution in [0.3, 0.4) is 0 Å². The SMILES string of the molecule is CS(=O)(=O)C1CCCC1(CN)Nc1ccccc1F. The van der Waals surface area contributed by atoms with Gasteiger partial charge in [0.1, 0.15) is 5.82 Å². The lowest BCUT2D eigenvalue weighted by atomic mass is 9.96. The van der Waals surface area contributed by atoms with Crippen LogP contribution < -0.4 is 11.1 Å². The fourth-order valence-electron chi connectivity index (χ4n) is 2.92. The van der Waals surface area contributed by atoms with E-state index in [0.29, 0.717) is 18.5 Å². The van der Waals surface area contributed by atoms with E-state index in [1.807, 2.05) is 0 Å². The number of sulfone groups is 1. The number of nitrogens with one attached hydrogen (secondary N) is 1. The van der Waals surface area contributed by atoms with Crippen LogP contribution in [0.5, 0.6) is 0 Å². The third-order valence-electron chi connectivity index (χ3n) is 3.84. The Kier molecular flexibility index (Phi) is 3.82. The van der Waals surface area contributed by atoms with Gasteiger partial charge in [0.15, 0.2) is 9.84 Å². The zero-order valence-electron chi connectivity index (χ0n) is 10.9. The number of rotatable bonds is 4. The molecular weight excluding hydrogens is 267 g/mol. The summed E-state index contributed by atoms with van der Waals surface area (Å²) in [5.41, 5.74) is 5.35. The molecule has 2 unspecified atom stereocenters. The molecule has 106 valence electrons. The molecule has 2 atom stereocenters. The number of anilines is 1. The van der Waals surface area contributed by atoms with Crippen molar-refractivity contribution >= 4 is 15.5 Å². The molecule has 0 aromatic heterocycles. The largest absolute Gasteiger partial charge is 0.375 e. The molecule has 1 aliphatic carbocycles. The van der Waals surface area contributed by atoms with Crippen molar-refractivity contribution in [2.45, 2.75) is 30.1 Å². The van der Waals surface area contributed by atoms with Crippen molar-refractivity contribution in [1.29, 1.82) is 0 Å². The Hall–Kier alpha value is -1.14. The Labute approximate surface area is 113 Å². The molecule has 0 amide bonds. The van der Waals surface area contributed by atoms with Gasteiger partial charge >= 0.3 is 0 Å². The lowest BCUT2D eigenvalue weighted by Gasteiger charge is -2.35. The van der Waals surface area contributed by atoms with Gasteiger partial charge in [0.05, 0.1) is 16.5 Å². The first-order chi connectivity index (χ1) is 8.89. The van der Waals surface area contributed by atoms with Crippen molar-refractivity contribution < 1.29 is 12.8 Å². The summed E-state index contributed by atoms with van der Waals surface area (Å²) in [7, 11) is -3.22. The van der Waals surface area contributed by atoms with E-state index in [4.69, 9.17) is 5.73 Å². The Bertz CT molecular complexity index is 562. The summed E-state index contributed by atoms with van der Waals surface area (Å²) >= 11 is 0. The standard InChI is InChI=1S/C13H19FN2O2S/c1-19(17,18)12-7-4-8-13(12,9-15)16-11-6-3-2-5-10(11)14/h2-3,5-6,12,16H,4,7-9,15H2,1H3. The summed E-state index contributed by atoms with van der Waals surface area (Å²) in [6, 6.07) is 6.25. The van der Waals surface area contributed by atoms with Crippen molar-refractivity contribution in [3.8, 4) is 0 Å². The molecule has 0 bridgehead atoms. The maximum Gasteiger partial charge on any atom is 0.152 e. The molecule has 1 saturated carbocycles. The summed E-state index contributed by atoms with van der Waals surface area (Å²) in [5, 5.41) is 2.48. The highest BCUT2D eigenvalue weighted by Gasteiger charge is 2.47. The second-order valence-corrected chi connectivity index (χ2v) is 7.40. The first-order valence-corrected chi connectivity index (χ1v) is 8.26. The fraction of sp³-hybridized carbons (Fsp3) is 0.538. The van der Waals surface area contributed by atoms with Crippen LogP contribution in [0.4, 0.5) is 10.1 Å². The summed E-state index contributed by atoms with van der Waals surface area (Å²) in [6.07, 6.45) is 3.19. The maximum atomic E-state index is 13.7. The first-order valence-electron chi connectivity index (χ1n) is 6.31. The van der Waals surface area contributed by atoms with Gasteiger partial charge in [-0.3, -0.25) is 0 Å². The molecule has 6 heteroatoms. The molecule has 1 aromatic carbocycles. The molecule has 2 rings (SSSR count). The number of benzene rings is 1. The Morgan fingerprint density at radius 3 is 2.74 bits per heavy atom. The molecule has 0 radical (unpaired) electrons. The van der Waals surface area contributed by atoms with Crippen LogP contribution in [0.15, 0.2) is 24.3 Å². The van der Waals surface area contributed by atoms with E-state index in [2.05, 4.69) is 5.32 Å². The predicted octanol–water partition coefficient (Wildman–Crippen LogP) is 1.53. The Morgan fingerprint density at radius 2 is 2.16 bits per heavy atom. The Balaban J connectivity index is 2.36. The molecule has 19 heavy (non-hydrogen) atoms. The highest BCUT2D eigenvalue weighted by atomic mass is 32.2. The van der Waals surface area contributed by atoms with Crippen molar-refractivity contribution in [2.24, 2.45) is 5.73 Å². The van der Waals surface area contributed by atoms with Crippen LogP contribution in [0.25, 0.3) is 0 Å². The van der Waals surface area contributed by atoms with Crippen LogP contribution in [0, 0.1) is 5.82 Å². The molecule has 1 aliphatic rings. The number of hydrogen-bond acceptors (Lipinski definition) is 4. The summed E-state index contributed by atoms with van der Waals surface area (Å²) in [5.74, 6) is -0.394. The molecule has 0 spiro atoms. The van der Waals surface area contributed by atoms with Gasteiger partial charge in [-0.1, -0.05) is 12.1 Å². The van der Waals surface area contributed by atoms with Crippen molar-refractivity contribution in [1.82, 2.24) is 0 Å². The highest BCUT2D eigenvalue weighted by Crippen LogP contribution is 2.37. The molecular formula is C13H19FN2O2S. The molecule has 4 nitrogen and oxygen atoms in total. The minimum atomic E-state index is -3.22. The topological polar surface area (TPSA) is 72.2 Å². The average molecular weight is 286 g/mol. The monoisotopic (exact) mass is 286 g/mol. The third kappa shape index (κ3) is 2.74. The van der Waals surface area contributed by atoms with Gasteiger partial charge in [0.25, 0.3) is 0 Å². The van der Waals surface area contributed by atoms with Crippen LogP contribution in [-0.2, 0) is 9.84 Å². The molecule has 0 heterocycles. The lowest BCUT2D eigenvalue weighted by molar-refractivity contribution is 0.475. The predicted molar refractivity (Wildman–Crippen MR) is 74.3 cm³/mol. The molecule has 0 saturated heterocycles. The van der Waals surface area contributed by atoms with E-state index >= 15 is 0 Å². The number of halogens is 1. The molecule has 1 aromatic rings. The molecule has 3 N–H and O–H groups in total. The van der Waals surface area contributed by atoms with E-state index in [-0.39, 0.29) is 6.54 Å². The van der Waals surface area contributed by atoms with Crippen LogP contribution in [0.2, 0.25) is 0 Å². The first kappa shape index (κ1) is 14.3. The Morgan fingerprint density at radius 1 is 1.47 bits per heavy atom. The van der Waals surface area contributed by atoms with E-state index in [1.54, 1.807) is 18.2 Å². The summed E-state index contributed by atoms with van der Waals surface area (Å²) < 4.78 is 37.5. The van der Waals surface area contributed by atoms with Gasteiger partial charge in [0.2, 0.25) is 0 Å². The number of para-hydroxylation sites is 1. The van der Waals surface area contributed by atoms with E-state index in [0.717, 1.165) is 6.42 Å². The van der Waals surface area contributed by atoms with Crippen molar-refractivity contribution in [3.63, 3.8) is 0 Å². The number of hydrogen-bond donors (Lipinski definition) is 2. The van der Waals surface area contributed by atoms with Crippen molar-refractivity contribution in [3.05, 3.63) is 30.1 Å². The normalized spacial score (nSPS) is 27.4. The highest BCUT2D eigenvalue weighted by molar-refractivity contribution is 7.91. The van der Waals surface area contributed by atoms with Gasteiger partial charge in [-0.05, 0) is 31.4 Å². The van der Waals surface area contributed by atoms with E-state index in [1.165, 1.54) is 12.3 Å². The van der Waals surface area contributed by atoms with Gasteiger partial charge in [0, 0.05) is 12.8 Å². The second kappa shape index (κ2) is 5.09. The summed E-state index contributed by atoms with van der Waals surface area (Å²) in [4.78, 5) is 0. The minimum absolute atomic E-state index is 0.166. The van der Waals surface area contributed by atoms with E-state index in [9.17, 15) is 12.8 Å². The third-order valence-corrected chi connectivity index (χ3v) is 5.56. The van der Waals surface area contributed by atoms with Crippen molar-refractivity contribution in [2.75, 3.05) is 18.1 Å². The van der Waals surface area contributed by atoms with Gasteiger partial charge < -0.3 is 11.1 Å². The maximum absolute atomic E-state index is 13.7. The van der Waals surface area contributed by atoms with Crippen LogP contribution in [-0.4, -0.2) is 32.0 Å².